The van der Waals surface area contributed by atoms with Crippen molar-refractivity contribution in [2.75, 3.05) is 0 Å². The quantitative estimate of drug-likeness (QED) is 0.240. The van der Waals surface area contributed by atoms with Crippen molar-refractivity contribution in [3.63, 3.8) is 0 Å². The van der Waals surface area contributed by atoms with Gasteiger partial charge in [0.25, 0.3) is 0 Å². The van der Waals surface area contributed by atoms with Crippen molar-refractivity contribution in [3.8, 4) is 0 Å². The average Bonchev–Trinajstić information content (AvgIpc) is 2.34. The average molecular weight is 489 g/mol. The van der Waals surface area contributed by atoms with Gasteiger partial charge < -0.3 is 75.8 Å². The number of hydrogen-bond donors (Lipinski definition) is 3. The molecule has 16 heteroatoms. The topological polar surface area (TPSA) is 318 Å². The van der Waals surface area contributed by atoms with Gasteiger partial charge in [0.15, 0.2) is 0 Å². The first kappa shape index (κ1) is 33.1. The number of quaternary nitrogens is 1. The van der Waals surface area contributed by atoms with Gasteiger partial charge in [-0.1, -0.05) is 0 Å². The number of carboxylic acids is 6. The molecule has 0 atom stereocenters. The molecule has 0 aromatic heterocycles. The summed E-state index contributed by atoms with van der Waals surface area (Å²) < 4.78 is 0. The molecule has 0 spiro atoms. The van der Waals surface area contributed by atoms with Crippen molar-refractivity contribution in [2.24, 2.45) is 0 Å². The smallest absolute Gasteiger partial charge is 0.550 e. The van der Waals surface area contributed by atoms with Crippen LogP contribution in [-0.4, -0.2) is 57.2 Å². The van der Waals surface area contributed by atoms with Gasteiger partial charge in [-0.15, -0.1) is 0 Å². The van der Waals surface area contributed by atoms with E-state index in [9.17, 15) is 59.4 Å². The fraction of sp³-hybridized carbons (Fsp3) is 0.500. The maximum absolute atomic E-state index is 10.1. The number of carboxylic acid groups (broad SMARTS) is 6. The molecule has 6 N–H and O–H groups in total. The van der Waals surface area contributed by atoms with E-state index in [4.69, 9.17) is 10.2 Å². The summed E-state index contributed by atoms with van der Waals surface area (Å²) in [5.41, 5.74) is -5.95. The van der Waals surface area contributed by atoms with Crippen LogP contribution in [0.2, 0.25) is 0 Å². The molecule has 0 fully saturated rings. The zero-order valence-corrected chi connectivity index (χ0v) is 16.3. The Kier molecular flexibility index (Phi) is 16.0. The van der Waals surface area contributed by atoms with Crippen molar-refractivity contribution in [2.45, 2.75) is 36.9 Å². The van der Waals surface area contributed by atoms with Crippen molar-refractivity contribution in [1.82, 2.24) is 6.15 Å². The Morgan fingerprint density at radius 3 is 0.750 bits per heavy atom. The molecule has 0 aliphatic carbocycles. The largest absolute Gasteiger partial charge is 5.00 e. The van der Waals surface area contributed by atoms with Crippen LogP contribution in [0.25, 0.3) is 0 Å². The molecule has 0 aliphatic heterocycles. The van der Waals surface area contributed by atoms with E-state index in [0.717, 1.165) is 0 Å². The minimum Gasteiger partial charge on any atom is -0.550 e. The molecule has 0 aromatic rings. The van der Waals surface area contributed by atoms with E-state index in [-0.39, 0.29) is 28.5 Å². The Morgan fingerprint density at radius 1 is 0.536 bits per heavy atom. The van der Waals surface area contributed by atoms with E-state index in [2.05, 4.69) is 0 Å². The zero-order valence-electron chi connectivity index (χ0n) is 14.1. The molecule has 0 unspecified atom stereocenters. The molecule has 0 rings (SSSR count). The van der Waals surface area contributed by atoms with Gasteiger partial charge in [0.05, 0.1) is 11.9 Å². The van der Waals surface area contributed by atoms with E-state index in [1.165, 1.54) is 0 Å². The summed E-state index contributed by atoms with van der Waals surface area (Å²) in [6.07, 6.45) is -5.43. The molecule has 156 valence electrons. The Morgan fingerprint density at radius 2 is 0.679 bits per heavy atom. The number of carbonyl (C=O) groups excluding carboxylic acids is 6. The summed E-state index contributed by atoms with van der Waals surface area (Å²) >= 11 is 0. The second-order valence-corrected chi connectivity index (χ2v) is 4.83. The summed E-state index contributed by atoms with van der Waals surface area (Å²) in [5, 5.41) is 77.9. The second-order valence-electron chi connectivity index (χ2n) is 4.83. The van der Waals surface area contributed by atoms with Crippen molar-refractivity contribution >= 4 is 35.8 Å². The van der Waals surface area contributed by atoms with Crippen LogP contribution < -0.4 is 36.8 Å². The van der Waals surface area contributed by atoms with Crippen LogP contribution in [0, 0.1) is 0 Å². The predicted octanol–water partition coefficient (Wildman–Crippen LogP) is -10.1. The van der Waals surface area contributed by atoms with Gasteiger partial charge in [0, 0.05) is 49.6 Å². The number of aliphatic hydroxyl groups is 2. The molecule has 28 heavy (non-hydrogen) atoms. The van der Waals surface area contributed by atoms with Crippen LogP contribution in [0.5, 0.6) is 0 Å². The summed E-state index contributed by atoms with van der Waals surface area (Å²) in [6.45, 7) is 0. The fourth-order valence-corrected chi connectivity index (χ4v) is 1.37. The first-order valence-corrected chi connectivity index (χ1v) is 6.23. The van der Waals surface area contributed by atoms with Crippen molar-refractivity contribution in [1.29, 1.82) is 0 Å². The van der Waals surface area contributed by atoms with Gasteiger partial charge in [-0.05, 0) is 0 Å². The molecule has 0 bridgehead atoms. The van der Waals surface area contributed by atoms with E-state index in [0.29, 0.717) is 0 Å². The SMILES string of the molecule is O=C([O-])CC(O)(CC(=O)[O-])C(=O)[O-].O=C([O-])CC(O)(CC(=O)[O-])C(=O)[O-].[NH4+].[Nb+5]. The Hall–Kier alpha value is -2.56. The standard InChI is InChI=1S/2C6H8O7.H3N.Nb/c2*7-3(8)1-6(13,5(11)12)2-4(9)10;;/h2*13H,1-2H2,(H,7,8)(H,9,10)(H,11,12);1H3;/q;;;+5/p-5. The fourth-order valence-electron chi connectivity index (χ4n) is 1.37. The van der Waals surface area contributed by atoms with Crippen molar-refractivity contribution in [3.05, 3.63) is 0 Å². The summed E-state index contributed by atoms with van der Waals surface area (Å²) in [6, 6.07) is 0. The number of hydrogen-bond acceptors (Lipinski definition) is 14. The van der Waals surface area contributed by atoms with Crippen LogP contribution in [0.4, 0.5) is 0 Å². The van der Waals surface area contributed by atoms with Gasteiger partial charge in [-0.25, -0.2) is 0 Å². The first-order chi connectivity index (χ1) is 11.6. The van der Waals surface area contributed by atoms with Gasteiger partial charge in [-0.3, -0.25) is 0 Å². The molecule has 0 aromatic carbocycles. The summed E-state index contributed by atoms with van der Waals surface area (Å²) in [5.74, 6) is -12.0. The molecule has 15 nitrogen and oxygen atoms in total. The molecule has 0 radical (unpaired) electrons. The normalized spacial score (nSPS) is 10.1. The Balaban J connectivity index is -0.000000192. The Labute approximate surface area is 171 Å². The van der Waals surface area contributed by atoms with Gasteiger partial charge in [-0.2, -0.15) is 0 Å². The Bertz CT molecular complexity index is 519. The third-order valence-electron chi connectivity index (χ3n) is 2.51. The third kappa shape index (κ3) is 13.6. The third-order valence-corrected chi connectivity index (χ3v) is 2.51. The molecular weight excluding hydrogens is 475 g/mol. The van der Waals surface area contributed by atoms with Crippen LogP contribution in [0.3, 0.4) is 0 Å². The number of aliphatic carboxylic acids is 6. The molecule has 0 saturated heterocycles. The second kappa shape index (κ2) is 13.6. The van der Waals surface area contributed by atoms with Gasteiger partial charge in [0.1, 0.15) is 11.2 Å². The van der Waals surface area contributed by atoms with E-state index in [1.54, 1.807) is 0 Å². The summed E-state index contributed by atoms with van der Waals surface area (Å²) in [4.78, 5) is 60.0. The molecule has 0 amide bonds. The van der Waals surface area contributed by atoms with Gasteiger partial charge >= 0.3 is 22.4 Å². The molecule has 0 aliphatic rings. The molecule has 0 saturated carbocycles. The zero-order chi connectivity index (χ0) is 21.3. The van der Waals surface area contributed by atoms with Crippen LogP contribution >= 0.6 is 0 Å². The van der Waals surface area contributed by atoms with Crippen LogP contribution in [0.1, 0.15) is 25.7 Å². The maximum Gasteiger partial charge on any atom is 5.00 e. The minimum atomic E-state index is -2.97. The van der Waals surface area contributed by atoms with E-state index in [1.807, 2.05) is 0 Å². The monoisotopic (exact) mass is 489 g/mol. The maximum atomic E-state index is 10.1. The van der Waals surface area contributed by atoms with Gasteiger partial charge in [0.2, 0.25) is 0 Å². The van der Waals surface area contributed by atoms with E-state index >= 15 is 0 Å². The van der Waals surface area contributed by atoms with E-state index < -0.39 is 72.7 Å². The van der Waals surface area contributed by atoms with Crippen LogP contribution in [-0.2, 0) is 51.1 Å². The van der Waals surface area contributed by atoms with Crippen molar-refractivity contribution < 1.29 is 92.0 Å². The van der Waals surface area contributed by atoms with Crippen LogP contribution in [0.15, 0.2) is 0 Å². The molecular formula is C12H14NNbO14. The molecule has 0 heterocycles. The minimum absolute atomic E-state index is 0. The first-order valence-electron chi connectivity index (χ1n) is 6.23. The number of carbonyl (C=O) groups is 6. The summed E-state index contributed by atoms with van der Waals surface area (Å²) in [7, 11) is 0. The number of rotatable bonds is 10. The predicted molar refractivity (Wildman–Crippen MR) is 64.4 cm³/mol.